The number of carbonyl (C=O) groups is 2. The normalized spacial score (nSPS) is 38.0. The third-order valence-corrected chi connectivity index (χ3v) is 5.54. The highest BCUT2D eigenvalue weighted by Gasteiger charge is 2.45. The molecular formula is C14H23NO4S. The average molecular weight is 301 g/mol. The molecule has 0 spiro atoms. The van der Waals surface area contributed by atoms with Crippen LogP contribution in [0.5, 0.6) is 0 Å². The summed E-state index contributed by atoms with van der Waals surface area (Å²) < 4.78 is 5.75. The fraction of sp³-hybridized carbons (Fsp3) is 0.857. The van der Waals surface area contributed by atoms with E-state index in [1.54, 1.807) is 16.7 Å². The molecule has 0 aromatic heterocycles. The lowest BCUT2D eigenvalue weighted by atomic mass is 9.88. The lowest BCUT2D eigenvalue weighted by Crippen LogP contribution is -2.51. The van der Waals surface area contributed by atoms with E-state index < -0.39 is 5.97 Å². The van der Waals surface area contributed by atoms with Gasteiger partial charge in [0.2, 0.25) is 5.91 Å². The number of rotatable bonds is 3. The lowest BCUT2D eigenvalue weighted by Gasteiger charge is -2.37. The first-order valence-electron chi connectivity index (χ1n) is 7.17. The van der Waals surface area contributed by atoms with Crippen molar-refractivity contribution >= 4 is 23.6 Å². The topological polar surface area (TPSA) is 66.8 Å². The van der Waals surface area contributed by atoms with E-state index in [-0.39, 0.29) is 42.4 Å². The van der Waals surface area contributed by atoms with E-state index >= 15 is 0 Å². The van der Waals surface area contributed by atoms with Crippen LogP contribution >= 0.6 is 11.8 Å². The highest BCUT2D eigenvalue weighted by molar-refractivity contribution is 7.99. The molecule has 0 saturated carbocycles. The van der Waals surface area contributed by atoms with Crippen LogP contribution in [-0.2, 0) is 14.3 Å². The van der Waals surface area contributed by atoms with Crippen LogP contribution in [-0.4, -0.2) is 58.2 Å². The Morgan fingerprint density at radius 2 is 2.00 bits per heavy atom. The minimum Gasteiger partial charge on any atom is -0.481 e. The van der Waals surface area contributed by atoms with Gasteiger partial charge >= 0.3 is 5.97 Å². The second kappa shape index (κ2) is 6.35. The first-order chi connectivity index (χ1) is 9.41. The molecule has 1 N–H and O–H groups in total. The number of hydrogen-bond donors (Lipinski definition) is 1. The molecule has 0 aliphatic carbocycles. The van der Waals surface area contributed by atoms with Gasteiger partial charge in [0.15, 0.2) is 0 Å². The van der Waals surface area contributed by atoms with E-state index in [9.17, 15) is 9.59 Å². The number of aliphatic carboxylic acids is 1. The van der Waals surface area contributed by atoms with Crippen LogP contribution in [0, 0.1) is 11.8 Å². The summed E-state index contributed by atoms with van der Waals surface area (Å²) in [4.78, 5) is 25.5. The quantitative estimate of drug-likeness (QED) is 0.855. The van der Waals surface area contributed by atoms with Gasteiger partial charge < -0.3 is 14.7 Å². The predicted molar refractivity (Wildman–Crippen MR) is 77.7 cm³/mol. The van der Waals surface area contributed by atoms with Crippen molar-refractivity contribution in [3.05, 3.63) is 0 Å². The maximum absolute atomic E-state index is 12.8. The van der Waals surface area contributed by atoms with Gasteiger partial charge in [0.25, 0.3) is 0 Å². The van der Waals surface area contributed by atoms with Gasteiger partial charge in [0.1, 0.15) is 0 Å². The smallest absolute Gasteiger partial charge is 0.305 e. The molecule has 0 aromatic rings. The van der Waals surface area contributed by atoms with E-state index in [4.69, 9.17) is 9.84 Å². The predicted octanol–water partition coefficient (Wildman–Crippen LogP) is 1.46. The molecule has 2 heterocycles. The molecule has 5 atom stereocenters. The van der Waals surface area contributed by atoms with Crippen molar-refractivity contribution in [2.24, 2.45) is 11.8 Å². The van der Waals surface area contributed by atoms with Gasteiger partial charge in [0.05, 0.1) is 30.6 Å². The van der Waals surface area contributed by atoms with Crippen LogP contribution in [0.4, 0.5) is 0 Å². The molecule has 2 rings (SSSR count). The number of thioether (sulfide) groups is 1. The second-order valence-corrected chi connectivity index (χ2v) is 6.94. The fourth-order valence-electron chi connectivity index (χ4n) is 3.20. The molecule has 1 amide bonds. The molecule has 20 heavy (non-hydrogen) atoms. The zero-order chi connectivity index (χ0) is 14.9. The van der Waals surface area contributed by atoms with Crippen LogP contribution < -0.4 is 0 Å². The number of carbonyl (C=O) groups excluding carboxylic acids is 1. The fourth-order valence-corrected chi connectivity index (χ4v) is 4.26. The maximum atomic E-state index is 12.8. The van der Waals surface area contributed by atoms with Gasteiger partial charge in [-0.1, -0.05) is 6.92 Å². The molecule has 5 nitrogen and oxygen atoms in total. The molecule has 0 aromatic carbocycles. The van der Waals surface area contributed by atoms with Crippen molar-refractivity contribution in [3.8, 4) is 0 Å². The summed E-state index contributed by atoms with van der Waals surface area (Å²) in [6.07, 6.45) is 0.0218. The second-order valence-electron chi connectivity index (χ2n) is 5.79. The number of carboxylic acid groups (broad SMARTS) is 1. The third kappa shape index (κ3) is 3.11. The molecular weight excluding hydrogens is 278 g/mol. The molecule has 2 saturated heterocycles. The molecule has 2 fully saturated rings. The first kappa shape index (κ1) is 15.6. The average Bonchev–Trinajstić information content (AvgIpc) is 2.62. The summed E-state index contributed by atoms with van der Waals surface area (Å²) in [5.41, 5.74) is 0. The number of nitrogens with zero attached hydrogens (tertiary/aromatic N) is 1. The molecule has 114 valence electrons. The van der Waals surface area contributed by atoms with Crippen LogP contribution in [0.15, 0.2) is 0 Å². The number of amides is 1. The van der Waals surface area contributed by atoms with Crippen LogP contribution in [0.1, 0.15) is 27.2 Å². The summed E-state index contributed by atoms with van der Waals surface area (Å²) in [6.45, 7) is 6.62. The van der Waals surface area contributed by atoms with Crippen molar-refractivity contribution in [2.45, 2.75) is 45.4 Å². The molecule has 6 heteroatoms. The van der Waals surface area contributed by atoms with E-state index in [0.717, 1.165) is 5.75 Å². The summed E-state index contributed by atoms with van der Waals surface area (Å²) in [5.74, 6) is 0.854. The summed E-state index contributed by atoms with van der Waals surface area (Å²) in [7, 11) is 0. The number of carboxylic acids is 1. The zero-order valence-electron chi connectivity index (χ0n) is 12.2. The van der Waals surface area contributed by atoms with Crippen molar-refractivity contribution in [2.75, 3.05) is 18.1 Å². The molecule has 5 unspecified atom stereocenters. The van der Waals surface area contributed by atoms with Crippen molar-refractivity contribution < 1.29 is 19.4 Å². The van der Waals surface area contributed by atoms with Gasteiger partial charge in [-0.3, -0.25) is 9.59 Å². The van der Waals surface area contributed by atoms with Crippen molar-refractivity contribution in [1.29, 1.82) is 0 Å². The Morgan fingerprint density at radius 1 is 1.30 bits per heavy atom. The van der Waals surface area contributed by atoms with E-state index in [0.29, 0.717) is 12.3 Å². The van der Waals surface area contributed by atoms with E-state index in [2.05, 4.69) is 0 Å². The monoisotopic (exact) mass is 301 g/mol. The van der Waals surface area contributed by atoms with E-state index in [1.807, 2.05) is 20.8 Å². The highest BCUT2D eigenvalue weighted by Crippen LogP contribution is 2.35. The van der Waals surface area contributed by atoms with Crippen molar-refractivity contribution in [1.82, 2.24) is 4.90 Å². The van der Waals surface area contributed by atoms with Gasteiger partial charge in [-0.25, -0.2) is 0 Å². The van der Waals surface area contributed by atoms with Gasteiger partial charge in [-0.2, -0.15) is 11.8 Å². The molecule has 0 bridgehead atoms. The van der Waals surface area contributed by atoms with Gasteiger partial charge in [-0.05, 0) is 19.8 Å². The zero-order valence-corrected chi connectivity index (χ0v) is 13.1. The maximum Gasteiger partial charge on any atom is 0.305 e. The Labute approximate surface area is 124 Å². The Kier molecular flexibility index (Phi) is 4.96. The highest BCUT2D eigenvalue weighted by atomic mass is 32.2. The summed E-state index contributed by atoms with van der Waals surface area (Å²) >= 11 is 1.72. The molecule has 2 aliphatic rings. The SMILES string of the molecule is CC1OC(C)C(C(=O)N2CCSCC2CC(=O)O)C1C. The lowest BCUT2D eigenvalue weighted by molar-refractivity contribution is -0.143. The van der Waals surface area contributed by atoms with Crippen LogP contribution in [0.3, 0.4) is 0 Å². The Morgan fingerprint density at radius 3 is 2.55 bits per heavy atom. The van der Waals surface area contributed by atoms with Crippen LogP contribution in [0.25, 0.3) is 0 Å². The van der Waals surface area contributed by atoms with E-state index in [1.165, 1.54) is 0 Å². The Bertz CT molecular complexity index is 389. The minimum atomic E-state index is -0.840. The third-order valence-electron chi connectivity index (χ3n) is 4.45. The Hall–Kier alpha value is -0.750. The largest absolute Gasteiger partial charge is 0.481 e. The minimum absolute atomic E-state index is 0.0324. The molecule has 2 aliphatic heterocycles. The van der Waals surface area contributed by atoms with Gasteiger partial charge in [0, 0.05) is 18.1 Å². The molecule has 0 radical (unpaired) electrons. The first-order valence-corrected chi connectivity index (χ1v) is 8.32. The Balaban J connectivity index is 2.11. The summed E-state index contributed by atoms with van der Waals surface area (Å²) in [6, 6.07) is -0.186. The number of ether oxygens (including phenoxy) is 1. The summed E-state index contributed by atoms with van der Waals surface area (Å²) in [5, 5.41) is 9.00. The van der Waals surface area contributed by atoms with Crippen LogP contribution in [0.2, 0.25) is 0 Å². The standard InChI is InChI=1S/C14H23NO4S/c1-8-9(2)19-10(3)13(8)14(18)15-4-5-20-7-11(15)6-12(16)17/h8-11,13H,4-7H2,1-3H3,(H,16,17). The van der Waals surface area contributed by atoms with Crippen molar-refractivity contribution in [3.63, 3.8) is 0 Å². The number of hydrogen-bond acceptors (Lipinski definition) is 4. The van der Waals surface area contributed by atoms with Gasteiger partial charge in [-0.15, -0.1) is 0 Å².